The first-order chi connectivity index (χ1) is 6.15. The number of ether oxygens (including phenoxy) is 1. The lowest BCUT2D eigenvalue weighted by atomic mass is 10.0. The van der Waals surface area contributed by atoms with Crippen LogP contribution >= 0.6 is 12.4 Å². The summed E-state index contributed by atoms with van der Waals surface area (Å²) in [5.74, 6) is -0.960. The van der Waals surface area contributed by atoms with Crippen LogP contribution in [0.15, 0.2) is 24.3 Å². The van der Waals surface area contributed by atoms with Gasteiger partial charge in [0.25, 0.3) is 0 Å². The molecule has 14 heavy (non-hydrogen) atoms. The highest BCUT2D eigenvalue weighted by Crippen LogP contribution is 2.16. The number of benzene rings is 1. The number of halogens is 2. The Kier molecular flexibility index (Phi) is 5.16. The summed E-state index contributed by atoms with van der Waals surface area (Å²) in [6.45, 7) is 1.72. The number of methoxy groups -OCH3 is 1. The van der Waals surface area contributed by atoms with Crippen molar-refractivity contribution < 1.29 is 13.9 Å². The van der Waals surface area contributed by atoms with Crippen molar-refractivity contribution in [1.29, 1.82) is 0 Å². The maximum Gasteiger partial charge on any atom is 0.312 e. The summed E-state index contributed by atoms with van der Waals surface area (Å²) in [6.07, 6.45) is 0. The van der Waals surface area contributed by atoms with Crippen LogP contribution in [-0.2, 0) is 9.53 Å². The van der Waals surface area contributed by atoms with Crippen molar-refractivity contribution in [3.63, 3.8) is 0 Å². The monoisotopic (exact) mass is 218 g/mol. The highest BCUT2D eigenvalue weighted by atomic mass is 35.5. The third kappa shape index (κ3) is 3.00. The van der Waals surface area contributed by atoms with E-state index in [0.29, 0.717) is 0 Å². The summed E-state index contributed by atoms with van der Waals surface area (Å²) >= 11 is 0. The lowest BCUT2D eigenvalue weighted by molar-refractivity contribution is -0.141. The van der Waals surface area contributed by atoms with E-state index in [1.165, 1.54) is 19.2 Å². The molecule has 1 atom stereocenters. The predicted molar refractivity (Wildman–Crippen MR) is 54.1 cm³/mol. The number of hydrogen-bond donors (Lipinski definition) is 0. The number of hydrogen-bond acceptors (Lipinski definition) is 2. The molecule has 0 aliphatic rings. The van der Waals surface area contributed by atoms with Gasteiger partial charge in [-0.3, -0.25) is 4.79 Å². The zero-order valence-electron chi connectivity index (χ0n) is 7.99. The summed E-state index contributed by atoms with van der Waals surface area (Å²) < 4.78 is 17.1. The molecule has 0 heterocycles. The predicted octanol–water partition coefficient (Wildman–Crippen LogP) is 2.52. The SMILES string of the molecule is COC(=O)C(C)c1ccc(F)cc1.Cl. The highest BCUT2D eigenvalue weighted by molar-refractivity contribution is 5.85. The first kappa shape index (κ1) is 12.9. The first-order valence-electron chi connectivity index (χ1n) is 3.98. The normalized spacial score (nSPS) is 11.4. The minimum atomic E-state index is -0.342. The molecule has 0 aliphatic carbocycles. The minimum Gasteiger partial charge on any atom is -0.469 e. The Labute approximate surface area is 88.5 Å². The quantitative estimate of drug-likeness (QED) is 0.713. The summed E-state index contributed by atoms with van der Waals surface area (Å²) in [5, 5.41) is 0. The molecule has 0 bridgehead atoms. The van der Waals surface area contributed by atoms with Gasteiger partial charge in [-0.1, -0.05) is 12.1 Å². The van der Waals surface area contributed by atoms with Crippen LogP contribution in [0.25, 0.3) is 0 Å². The Morgan fingerprint density at radius 3 is 2.29 bits per heavy atom. The lowest BCUT2D eigenvalue weighted by Crippen LogP contribution is -2.10. The van der Waals surface area contributed by atoms with Gasteiger partial charge >= 0.3 is 5.97 Å². The highest BCUT2D eigenvalue weighted by Gasteiger charge is 2.14. The molecular weight excluding hydrogens is 207 g/mol. The Morgan fingerprint density at radius 2 is 1.86 bits per heavy atom. The van der Waals surface area contributed by atoms with Crippen LogP contribution in [-0.4, -0.2) is 13.1 Å². The third-order valence-electron chi connectivity index (χ3n) is 1.92. The van der Waals surface area contributed by atoms with Crippen molar-refractivity contribution in [1.82, 2.24) is 0 Å². The van der Waals surface area contributed by atoms with Crippen molar-refractivity contribution in [3.8, 4) is 0 Å². The van der Waals surface area contributed by atoms with Gasteiger partial charge in [0.05, 0.1) is 13.0 Å². The Morgan fingerprint density at radius 1 is 1.36 bits per heavy atom. The van der Waals surface area contributed by atoms with Crippen molar-refractivity contribution in [2.24, 2.45) is 0 Å². The van der Waals surface area contributed by atoms with Gasteiger partial charge in [0.15, 0.2) is 0 Å². The number of esters is 1. The number of carbonyl (C=O) groups is 1. The minimum absolute atomic E-state index is 0. The molecule has 0 N–H and O–H groups in total. The van der Waals surface area contributed by atoms with Gasteiger partial charge in [-0.25, -0.2) is 4.39 Å². The second-order valence-corrected chi connectivity index (χ2v) is 2.80. The first-order valence-corrected chi connectivity index (χ1v) is 3.98. The molecule has 0 saturated heterocycles. The van der Waals surface area contributed by atoms with E-state index in [1.54, 1.807) is 19.1 Å². The van der Waals surface area contributed by atoms with E-state index in [2.05, 4.69) is 4.74 Å². The van der Waals surface area contributed by atoms with Gasteiger partial charge in [-0.2, -0.15) is 0 Å². The fourth-order valence-electron chi connectivity index (χ4n) is 1.06. The second kappa shape index (κ2) is 5.60. The smallest absolute Gasteiger partial charge is 0.312 e. The lowest BCUT2D eigenvalue weighted by Gasteiger charge is -2.08. The van der Waals surface area contributed by atoms with Gasteiger partial charge in [0, 0.05) is 0 Å². The van der Waals surface area contributed by atoms with Crippen LogP contribution in [0.3, 0.4) is 0 Å². The summed E-state index contributed by atoms with van der Waals surface area (Å²) in [6, 6.07) is 5.82. The Hall–Kier alpha value is -1.09. The maximum absolute atomic E-state index is 12.5. The molecular formula is C10H12ClFO2. The van der Waals surface area contributed by atoms with Crippen LogP contribution in [0.2, 0.25) is 0 Å². The zero-order valence-corrected chi connectivity index (χ0v) is 8.81. The molecule has 0 radical (unpaired) electrons. The van der Waals surface area contributed by atoms with Crippen molar-refractivity contribution >= 4 is 18.4 Å². The number of carbonyl (C=O) groups excluding carboxylic acids is 1. The molecule has 0 aromatic heterocycles. The van der Waals surface area contributed by atoms with Crippen molar-refractivity contribution in [2.75, 3.05) is 7.11 Å². The van der Waals surface area contributed by atoms with E-state index in [1.807, 2.05) is 0 Å². The van der Waals surface area contributed by atoms with Crippen LogP contribution < -0.4 is 0 Å². The molecule has 1 aromatic carbocycles. The van der Waals surface area contributed by atoms with E-state index in [-0.39, 0.29) is 30.1 Å². The van der Waals surface area contributed by atoms with E-state index in [4.69, 9.17) is 0 Å². The largest absolute Gasteiger partial charge is 0.469 e. The molecule has 0 spiro atoms. The van der Waals surface area contributed by atoms with Gasteiger partial charge in [-0.15, -0.1) is 12.4 Å². The Bertz CT molecular complexity index is 297. The fraction of sp³-hybridized carbons (Fsp3) is 0.300. The maximum atomic E-state index is 12.5. The van der Waals surface area contributed by atoms with Crippen LogP contribution in [0.1, 0.15) is 18.4 Å². The standard InChI is InChI=1S/C10H11FO2.ClH/c1-7(10(12)13-2)8-3-5-9(11)6-4-8;/h3-7H,1-2H3;1H. The molecule has 0 fully saturated rings. The van der Waals surface area contributed by atoms with E-state index in [9.17, 15) is 9.18 Å². The average Bonchev–Trinajstić information content (AvgIpc) is 2.17. The molecule has 1 aromatic rings. The van der Waals surface area contributed by atoms with Gasteiger partial charge in [-0.05, 0) is 24.6 Å². The molecule has 0 aliphatic heterocycles. The molecule has 1 rings (SSSR count). The summed E-state index contributed by atoms with van der Waals surface area (Å²) in [5.41, 5.74) is 0.758. The van der Waals surface area contributed by atoms with Gasteiger partial charge in [0.2, 0.25) is 0 Å². The molecule has 0 amide bonds. The second-order valence-electron chi connectivity index (χ2n) is 2.80. The molecule has 1 unspecified atom stereocenters. The van der Waals surface area contributed by atoms with E-state index >= 15 is 0 Å². The molecule has 78 valence electrons. The van der Waals surface area contributed by atoms with E-state index < -0.39 is 0 Å². The van der Waals surface area contributed by atoms with E-state index in [0.717, 1.165) is 5.56 Å². The van der Waals surface area contributed by atoms with Crippen molar-refractivity contribution in [2.45, 2.75) is 12.8 Å². The third-order valence-corrected chi connectivity index (χ3v) is 1.92. The van der Waals surface area contributed by atoms with Gasteiger partial charge in [0.1, 0.15) is 5.82 Å². The molecule has 4 heteroatoms. The average molecular weight is 219 g/mol. The molecule has 2 nitrogen and oxygen atoms in total. The van der Waals surface area contributed by atoms with Gasteiger partial charge < -0.3 is 4.74 Å². The van der Waals surface area contributed by atoms with Crippen LogP contribution in [0, 0.1) is 5.82 Å². The van der Waals surface area contributed by atoms with Crippen LogP contribution in [0.4, 0.5) is 4.39 Å². The number of rotatable bonds is 2. The fourth-order valence-corrected chi connectivity index (χ4v) is 1.06. The van der Waals surface area contributed by atoms with Crippen LogP contribution in [0.5, 0.6) is 0 Å². The Balaban J connectivity index is 0.00000169. The summed E-state index contributed by atoms with van der Waals surface area (Å²) in [4.78, 5) is 11.1. The van der Waals surface area contributed by atoms with Crippen molar-refractivity contribution in [3.05, 3.63) is 35.6 Å². The summed E-state index contributed by atoms with van der Waals surface area (Å²) in [7, 11) is 1.34. The molecule has 0 saturated carbocycles. The zero-order chi connectivity index (χ0) is 9.84. The topological polar surface area (TPSA) is 26.3 Å².